The number of unbranched alkanes of at least 4 members (excludes halogenated alkanes) is 1. The molecule has 0 spiro atoms. The topological polar surface area (TPSA) is 9.23 Å². The molecule has 0 saturated heterocycles. The zero-order valence-corrected chi connectivity index (χ0v) is 15.8. The van der Waals surface area contributed by atoms with Crippen molar-refractivity contribution in [3.05, 3.63) is 61.7 Å². The highest BCUT2D eigenvalue weighted by Crippen LogP contribution is 2.17. The molecule has 2 rings (SSSR count). The quantitative estimate of drug-likeness (QED) is 0.579. The van der Waals surface area contributed by atoms with E-state index in [2.05, 4.69) is 68.4 Å². The fraction of sp³-hybridized carbons (Fsp3) is 0.400. The molecule has 1 nitrogen and oxygen atoms in total. The van der Waals surface area contributed by atoms with Crippen LogP contribution < -0.4 is 25.9 Å². The average molecular weight is 409 g/mol. The van der Waals surface area contributed by atoms with Gasteiger partial charge >= 0.3 is 21.2 Å². The van der Waals surface area contributed by atoms with Crippen molar-refractivity contribution in [3.63, 3.8) is 0 Å². The van der Waals surface area contributed by atoms with E-state index in [-0.39, 0.29) is 21.2 Å². The molecular formula is C20H26IO+. The Labute approximate surface area is 145 Å². The lowest BCUT2D eigenvalue weighted by Crippen LogP contribution is -3.61. The standard InChI is InChI=1S/C20H26IO/c1-3-5-14-18(11-4-2)22-20-16-10-9-15-19(20)21-17-12-7-6-8-13-17/h6-10,12-13,15-16,18H,3-5,11,14H2,1-2H3/q+1. The summed E-state index contributed by atoms with van der Waals surface area (Å²) < 4.78 is 9.22. The van der Waals surface area contributed by atoms with Gasteiger partial charge in [-0.3, -0.25) is 0 Å². The van der Waals surface area contributed by atoms with Gasteiger partial charge in [0.15, 0.2) is 9.32 Å². The highest BCUT2D eigenvalue weighted by atomic mass is 127. The van der Waals surface area contributed by atoms with Gasteiger partial charge in [0.1, 0.15) is 0 Å². The van der Waals surface area contributed by atoms with Gasteiger partial charge in [0.2, 0.25) is 3.57 Å². The predicted octanol–water partition coefficient (Wildman–Crippen LogP) is 2.55. The van der Waals surface area contributed by atoms with Gasteiger partial charge in [-0.15, -0.1) is 0 Å². The van der Waals surface area contributed by atoms with E-state index >= 15 is 0 Å². The van der Waals surface area contributed by atoms with E-state index < -0.39 is 0 Å². The molecule has 0 aliphatic rings. The van der Waals surface area contributed by atoms with Crippen molar-refractivity contribution in [2.24, 2.45) is 0 Å². The Bertz CT molecular complexity index is 538. The summed E-state index contributed by atoms with van der Waals surface area (Å²) in [5, 5.41) is 0. The second-order valence-electron chi connectivity index (χ2n) is 5.49. The van der Waals surface area contributed by atoms with Crippen LogP contribution in [-0.4, -0.2) is 6.10 Å². The minimum absolute atomic E-state index is 0.173. The molecule has 0 aromatic heterocycles. The van der Waals surface area contributed by atoms with Crippen molar-refractivity contribution < 1.29 is 25.9 Å². The lowest BCUT2D eigenvalue weighted by molar-refractivity contribution is -0.598. The number of para-hydroxylation sites is 1. The molecule has 1 atom stereocenters. The zero-order valence-electron chi connectivity index (χ0n) is 13.6. The minimum atomic E-state index is -0.173. The first-order valence-corrected chi connectivity index (χ1v) is 10.4. The van der Waals surface area contributed by atoms with Crippen LogP contribution in [0.4, 0.5) is 0 Å². The summed E-state index contributed by atoms with van der Waals surface area (Å²) in [5.74, 6) is 1.11. The van der Waals surface area contributed by atoms with Gasteiger partial charge in [0.25, 0.3) is 0 Å². The number of hydrogen-bond donors (Lipinski definition) is 0. The molecule has 0 radical (unpaired) electrons. The van der Waals surface area contributed by atoms with E-state index in [4.69, 9.17) is 4.74 Å². The minimum Gasteiger partial charge on any atom is -0.486 e. The van der Waals surface area contributed by atoms with E-state index in [0.29, 0.717) is 6.10 Å². The van der Waals surface area contributed by atoms with Crippen LogP contribution in [0.1, 0.15) is 46.0 Å². The molecule has 0 N–H and O–H groups in total. The van der Waals surface area contributed by atoms with E-state index in [9.17, 15) is 0 Å². The maximum absolute atomic E-state index is 6.39. The van der Waals surface area contributed by atoms with Crippen molar-refractivity contribution in [3.8, 4) is 5.75 Å². The van der Waals surface area contributed by atoms with Crippen molar-refractivity contribution >= 4 is 0 Å². The van der Waals surface area contributed by atoms with Gasteiger partial charge < -0.3 is 4.74 Å². The summed E-state index contributed by atoms with van der Waals surface area (Å²) in [6, 6.07) is 19.4. The summed E-state index contributed by atoms with van der Waals surface area (Å²) >= 11 is -0.173. The van der Waals surface area contributed by atoms with E-state index in [1.165, 1.54) is 32.8 Å². The largest absolute Gasteiger partial charge is 0.486 e. The number of benzene rings is 2. The lowest BCUT2D eigenvalue weighted by Gasteiger charge is -2.18. The van der Waals surface area contributed by atoms with Crippen LogP contribution in [0.3, 0.4) is 0 Å². The molecule has 22 heavy (non-hydrogen) atoms. The molecule has 0 aliphatic carbocycles. The monoisotopic (exact) mass is 409 g/mol. The van der Waals surface area contributed by atoms with Gasteiger partial charge in [-0.25, -0.2) is 0 Å². The molecule has 0 saturated carbocycles. The van der Waals surface area contributed by atoms with E-state index in [1.54, 1.807) is 0 Å². The lowest BCUT2D eigenvalue weighted by atomic mass is 10.1. The van der Waals surface area contributed by atoms with Crippen LogP contribution in [0.25, 0.3) is 0 Å². The van der Waals surface area contributed by atoms with Crippen molar-refractivity contribution in [2.45, 2.75) is 52.1 Å². The first kappa shape index (κ1) is 17.3. The fourth-order valence-electron chi connectivity index (χ4n) is 2.41. The van der Waals surface area contributed by atoms with Crippen molar-refractivity contribution in [1.82, 2.24) is 0 Å². The van der Waals surface area contributed by atoms with Crippen LogP contribution in [0.2, 0.25) is 0 Å². The number of hydrogen-bond acceptors (Lipinski definition) is 1. The van der Waals surface area contributed by atoms with Gasteiger partial charge in [0, 0.05) is 0 Å². The number of ether oxygens (including phenoxy) is 1. The van der Waals surface area contributed by atoms with Crippen LogP contribution in [0.15, 0.2) is 54.6 Å². The maximum Gasteiger partial charge on any atom is 0.362 e. The number of halogens is 1. The Kier molecular flexibility index (Phi) is 7.78. The molecule has 118 valence electrons. The molecule has 2 aromatic rings. The fourth-order valence-corrected chi connectivity index (χ4v) is 4.82. The van der Waals surface area contributed by atoms with Gasteiger partial charge in [0.05, 0.1) is 6.10 Å². The van der Waals surface area contributed by atoms with Crippen LogP contribution in [0, 0.1) is 7.14 Å². The summed E-state index contributed by atoms with van der Waals surface area (Å²) in [6.07, 6.45) is 6.36. The first-order chi connectivity index (χ1) is 10.8. The van der Waals surface area contributed by atoms with Crippen LogP contribution in [-0.2, 0) is 0 Å². The van der Waals surface area contributed by atoms with Crippen molar-refractivity contribution in [1.29, 1.82) is 0 Å². The predicted molar refractivity (Wildman–Crippen MR) is 89.1 cm³/mol. The molecule has 1 unspecified atom stereocenters. The highest BCUT2D eigenvalue weighted by Gasteiger charge is 2.22. The summed E-state index contributed by atoms with van der Waals surface area (Å²) in [6.45, 7) is 4.49. The molecular weight excluding hydrogens is 383 g/mol. The van der Waals surface area contributed by atoms with Gasteiger partial charge in [-0.2, -0.15) is 0 Å². The molecule has 0 amide bonds. The molecule has 0 fully saturated rings. The third-order valence-corrected chi connectivity index (χ3v) is 6.38. The zero-order chi connectivity index (χ0) is 15.6. The maximum atomic E-state index is 6.39. The Morgan fingerprint density at radius 2 is 1.59 bits per heavy atom. The second-order valence-corrected chi connectivity index (χ2v) is 8.44. The van der Waals surface area contributed by atoms with Crippen molar-refractivity contribution in [2.75, 3.05) is 0 Å². The Balaban J connectivity index is 2.09. The smallest absolute Gasteiger partial charge is 0.362 e. The SMILES string of the molecule is CCCCC(CCC)Oc1ccccc1[I+]c1ccccc1. The Morgan fingerprint density at radius 1 is 0.864 bits per heavy atom. The van der Waals surface area contributed by atoms with Crippen LogP contribution >= 0.6 is 0 Å². The average Bonchev–Trinajstić information content (AvgIpc) is 2.55. The third kappa shape index (κ3) is 5.64. The molecule has 0 aliphatic heterocycles. The van der Waals surface area contributed by atoms with Crippen LogP contribution in [0.5, 0.6) is 5.75 Å². The van der Waals surface area contributed by atoms with Gasteiger partial charge in [-0.1, -0.05) is 63.4 Å². The first-order valence-electron chi connectivity index (χ1n) is 8.29. The normalized spacial score (nSPS) is 12.1. The van der Waals surface area contributed by atoms with Gasteiger partial charge in [-0.05, 0) is 37.1 Å². The van der Waals surface area contributed by atoms with E-state index in [0.717, 1.165) is 12.2 Å². The second kappa shape index (κ2) is 9.88. The Hall–Kier alpha value is -1.03. The molecule has 2 aromatic carbocycles. The highest BCUT2D eigenvalue weighted by molar-refractivity contribution is 5.21. The summed E-state index contributed by atoms with van der Waals surface area (Å²) in [7, 11) is 0. The molecule has 2 heteroatoms. The molecule has 0 heterocycles. The third-order valence-electron chi connectivity index (χ3n) is 3.56. The Morgan fingerprint density at radius 3 is 2.32 bits per heavy atom. The van der Waals surface area contributed by atoms with E-state index in [1.807, 2.05) is 0 Å². The number of rotatable bonds is 9. The summed E-state index contributed by atoms with van der Waals surface area (Å²) in [5.41, 5.74) is 0. The summed E-state index contributed by atoms with van der Waals surface area (Å²) in [4.78, 5) is 0. The molecule has 0 bridgehead atoms.